The molecule has 3 aromatic rings. The second-order valence-corrected chi connectivity index (χ2v) is 9.50. The summed E-state index contributed by atoms with van der Waals surface area (Å²) in [4.78, 5) is 13.6. The molecule has 2 aromatic carbocycles. The Kier molecular flexibility index (Phi) is 6.31. The number of rotatable bonds is 4. The summed E-state index contributed by atoms with van der Waals surface area (Å²) < 4.78 is 0. The molecule has 2 aliphatic carbocycles. The molecule has 0 amide bonds. The number of nitrogens with zero attached hydrogens (tertiary/aromatic N) is 3. The lowest BCUT2D eigenvalue weighted by Crippen LogP contribution is -2.04. The fourth-order valence-corrected chi connectivity index (χ4v) is 5.45. The van der Waals surface area contributed by atoms with Crippen molar-refractivity contribution in [2.45, 2.75) is 76.0 Å². The van der Waals surface area contributed by atoms with E-state index in [1.807, 2.05) is 0 Å². The van der Waals surface area contributed by atoms with Gasteiger partial charge in [-0.15, -0.1) is 0 Å². The van der Waals surface area contributed by atoms with E-state index in [0.29, 0.717) is 23.5 Å². The van der Waals surface area contributed by atoms with Crippen LogP contribution in [0.15, 0.2) is 48.5 Å². The molecule has 1 aromatic heterocycles. The van der Waals surface area contributed by atoms with E-state index in [1.54, 1.807) is 0 Å². The van der Waals surface area contributed by atoms with Crippen molar-refractivity contribution in [3.63, 3.8) is 0 Å². The first-order valence-electron chi connectivity index (χ1n) is 11.9. The van der Waals surface area contributed by atoms with Gasteiger partial charge in [-0.1, -0.05) is 87.1 Å². The third-order valence-corrected chi connectivity index (χ3v) is 7.27. The van der Waals surface area contributed by atoms with Crippen LogP contribution in [0, 0.1) is 0 Å². The van der Waals surface area contributed by atoms with Crippen molar-refractivity contribution >= 4 is 11.6 Å². The summed E-state index contributed by atoms with van der Waals surface area (Å²) in [5, 5.41) is 0.243. The van der Waals surface area contributed by atoms with E-state index in [1.165, 1.54) is 75.3 Å². The minimum absolute atomic E-state index is 0.243. The fourth-order valence-electron chi connectivity index (χ4n) is 5.29. The maximum atomic E-state index is 6.29. The van der Waals surface area contributed by atoms with Crippen molar-refractivity contribution in [3.05, 3.63) is 64.9 Å². The molecule has 0 radical (unpaired) electrons. The number of hydrogen-bond acceptors (Lipinski definition) is 3. The van der Waals surface area contributed by atoms with Gasteiger partial charge in [0.2, 0.25) is 5.28 Å². The predicted molar refractivity (Wildman–Crippen MR) is 127 cm³/mol. The van der Waals surface area contributed by atoms with Crippen molar-refractivity contribution in [2.24, 2.45) is 0 Å². The van der Waals surface area contributed by atoms with Crippen LogP contribution >= 0.6 is 11.6 Å². The summed E-state index contributed by atoms with van der Waals surface area (Å²) >= 11 is 6.29. The molecular formula is C27H30ClN3. The molecule has 0 atom stereocenters. The maximum Gasteiger partial charge on any atom is 0.226 e. The van der Waals surface area contributed by atoms with Gasteiger partial charge in [0.1, 0.15) is 0 Å². The zero-order valence-electron chi connectivity index (χ0n) is 18.1. The predicted octanol–water partition coefficient (Wildman–Crippen LogP) is 7.95. The Hall–Kier alpha value is -2.26. The van der Waals surface area contributed by atoms with Crippen molar-refractivity contribution in [1.82, 2.24) is 15.0 Å². The summed E-state index contributed by atoms with van der Waals surface area (Å²) in [6, 6.07) is 17.5. The first kappa shape index (κ1) is 20.6. The summed E-state index contributed by atoms with van der Waals surface area (Å²) in [6.07, 6.45) is 13.4. The maximum absolute atomic E-state index is 6.29. The molecule has 0 spiro atoms. The van der Waals surface area contributed by atoms with Gasteiger partial charge in [0, 0.05) is 11.1 Å². The molecule has 5 rings (SSSR count). The Labute approximate surface area is 190 Å². The van der Waals surface area contributed by atoms with E-state index in [4.69, 9.17) is 16.6 Å². The highest BCUT2D eigenvalue weighted by Crippen LogP contribution is 2.35. The third-order valence-electron chi connectivity index (χ3n) is 7.10. The summed E-state index contributed by atoms with van der Waals surface area (Å²) in [5.74, 6) is 2.68. The van der Waals surface area contributed by atoms with Crippen LogP contribution in [0.4, 0.5) is 0 Å². The monoisotopic (exact) mass is 431 g/mol. The highest BCUT2D eigenvalue weighted by molar-refractivity contribution is 6.28. The van der Waals surface area contributed by atoms with Gasteiger partial charge < -0.3 is 0 Å². The highest BCUT2D eigenvalue weighted by atomic mass is 35.5. The molecule has 0 unspecified atom stereocenters. The molecule has 3 nitrogen and oxygen atoms in total. The molecule has 2 fully saturated rings. The Bertz CT molecular complexity index is 922. The molecule has 0 saturated heterocycles. The Morgan fingerprint density at radius 3 is 1.29 bits per heavy atom. The van der Waals surface area contributed by atoms with Gasteiger partial charge in [-0.3, -0.25) is 0 Å². The standard InChI is InChI=1S/C27H30ClN3/c28-27-30-25(23-15-11-21(12-16-23)19-7-3-1-4-8-19)29-26(31-27)24-17-13-22(14-18-24)20-9-5-2-6-10-20/h11-20H,1-10H2. The molecule has 1 heterocycles. The van der Waals surface area contributed by atoms with Crippen LogP contribution < -0.4 is 0 Å². The zero-order valence-corrected chi connectivity index (χ0v) is 18.8. The molecule has 0 bridgehead atoms. The second kappa shape index (κ2) is 9.48. The molecular weight excluding hydrogens is 402 g/mol. The van der Waals surface area contributed by atoms with Crippen molar-refractivity contribution < 1.29 is 0 Å². The van der Waals surface area contributed by atoms with Crippen LogP contribution in [0.3, 0.4) is 0 Å². The van der Waals surface area contributed by atoms with Crippen molar-refractivity contribution in [3.8, 4) is 22.8 Å². The van der Waals surface area contributed by atoms with Crippen LogP contribution in [-0.4, -0.2) is 15.0 Å². The number of halogens is 1. The van der Waals surface area contributed by atoms with Gasteiger partial charge in [-0.05, 0) is 60.2 Å². The third kappa shape index (κ3) is 4.82. The Morgan fingerprint density at radius 1 is 0.516 bits per heavy atom. The van der Waals surface area contributed by atoms with Crippen LogP contribution in [0.25, 0.3) is 22.8 Å². The van der Waals surface area contributed by atoms with Gasteiger partial charge in [0.15, 0.2) is 11.6 Å². The lowest BCUT2D eigenvalue weighted by molar-refractivity contribution is 0.443. The average molecular weight is 432 g/mol. The minimum atomic E-state index is 0.243. The number of aromatic nitrogens is 3. The van der Waals surface area contributed by atoms with E-state index in [9.17, 15) is 0 Å². The lowest BCUT2D eigenvalue weighted by Gasteiger charge is -2.22. The molecule has 2 saturated carbocycles. The molecule has 4 heteroatoms. The Morgan fingerprint density at radius 2 is 0.903 bits per heavy atom. The van der Waals surface area contributed by atoms with E-state index < -0.39 is 0 Å². The highest BCUT2D eigenvalue weighted by Gasteiger charge is 2.17. The van der Waals surface area contributed by atoms with Crippen LogP contribution in [0.2, 0.25) is 5.28 Å². The van der Waals surface area contributed by atoms with Crippen LogP contribution in [0.1, 0.15) is 87.2 Å². The van der Waals surface area contributed by atoms with Crippen molar-refractivity contribution in [2.75, 3.05) is 0 Å². The van der Waals surface area contributed by atoms with Crippen LogP contribution in [0.5, 0.6) is 0 Å². The summed E-state index contributed by atoms with van der Waals surface area (Å²) in [6.45, 7) is 0. The summed E-state index contributed by atoms with van der Waals surface area (Å²) in [5.41, 5.74) is 4.84. The van der Waals surface area contributed by atoms with E-state index in [-0.39, 0.29) is 5.28 Å². The van der Waals surface area contributed by atoms with Crippen LogP contribution in [-0.2, 0) is 0 Å². The average Bonchev–Trinajstić information content (AvgIpc) is 2.85. The smallest absolute Gasteiger partial charge is 0.208 e. The van der Waals surface area contributed by atoms with E-state index >= 15 is 0 Å². The normalized spacial score (nSPS) is 18.2. The molecule has 160 valence electrons. The lowest BCUT2D eigenvalue weighted by atomic mass is 9.84. The van der Waals surface area contributed by atoms with E-state index in [0.717, 1.165) is 11.1 Å². The van der Waals surface area contributed by atoms with Crippen molar-refractivity contribution in [1.29, 1.82) is 0 Å². The molecule has 31 heavy (non-hydrogen) atoms. The number of hydrogen-bond donors (Lipinski definition) is 0. The second-order valence-electron chi connectivity index (χ2n) is 9.17. The van der Waals surface area contributed by atoms with Gasteiger partial charge in [0.05, 0.1) is 0 Å². The Balaban J connectivity index is 1.37. The first-order valence-corrected chi connectivity index (χ1v) is 12.3. The van der Waals surface area contributed by atoms with E-state index in [2.05, 4.69) is 58.5 Å². The minimum Gasteiger partial charge on any atom is -0.208 e. The summed E-state index contributed by atoms with van der Waals surface area (Å²) in [7, 11) is 0. The molecule has 0 aliphatic heterocycles. The largest absolute Gasteiger partial charge is 0.226 e. The molecule has 2 aliphatic rings. The fraction of sp³-hybridized carbons (Fsp3) is 0.444. The number of benzene rings is 2. The van der Waals surface area contributed by atoms with Gasteiger partial charge in [-0.25, -0.2) is 4.98 Å². The van der Waals surface area contributed by atoms with Gasteiger partial charge in [0.25, 0.3) is 0 Å². The molecule has 0 N–H and O–H groups in total. The quantitative estimate of drug-likeness (QED) is 0.420. The van der Waals surface area contributed by atoms with Gasteiger partial charge >= 0.3 is 0 Å². The topological polar surface area (TPSA) is 38.7 Å². The zero-order chi connectivity index (χ0) is 21.0. The SMILES string of the molecule is Clc1nc(-c2ccc(C3CCCCC3)cc2)nc(-c2ccc(C3CCCCC3)cc2)n1. The van der Waals surface area contributed by atoms with Gasteiger partial charge in [-0.2, -0.15) is 9.97 Å². The first-order chi connectivity index (χ1) is 15.3.